The van der Waals surface area contributed by atoms with E-state index < -0.39 is 0 Å². The molecule has 0 radical (unpaired) electrons. The van der Waals surface area contributed by atoms with Crippen molar-refractivity contribution in [1.29, 1.82) is 0 Å². The van der Waals surface area contributed by atoms with E-state index in [2.05, 4.69) is 12.2 Å². The zero-order valence-corrected chi connectivity index (χ0v) is 6.68. The SMILES string of the molecule is CC[C@@H](C)NC(=O)C1CC1. The second-order valence-corrected chi connectivity index (χ2v) is 3.09. The lowest BCUT2D eigenvalue weighted by Gasteiger charge is -2.09. The van der Waals surface area contributed by atoms with E-state index in [-0.39, 0.29) is 5.91 Å². The minimum atomic E-state index is 0.259. The standard InChI is InChI=1S/C8H15NO/c1-3-6(2)9-8(10)7-4-5-7/h6-7H,3-5H2,1-2H3,(H,9,10)/t6-/m1/s1. The van der Waals surface area contributed by atoms with Crippen LogP contribution in [-0.2, 0) is 4.79 Å². The Morgan fingerprint density at radius 2 is 2.30 bits per heavy atom. The van der Waals surface area contributed by atoms with Gasteiger partial charge < -0.3 is 5.32 Å². The Labute approximate surface area is 62.0 Å². The van der Waals surface area contributed by atoms with Crippen LogP contribution in [-0.4, -0.2) is 11.9 Å². The Morgan fingerprint density at radius 1 is 1.70 bits per heavy atom. The number of carbonyl (C=O) groups excluding carboxylic acids is 1. The molecule has 0 heterocycles. The molecular weight excluding hydrogens is 126 g/mol. The maximum Gasteiger partial charge on any atom is 0.223 e. The quantitative estimate of drug-likeness (QED) is 0.631. The zero-order valence-electron chi connectivity index (χ0n) is 6.68. The second-order valence-electron chi connectivity index (χ2n) is 3.09. The highest BCUT2D eigenvalue weighted by Crippen LogP contribution is 2.28. The summed E-state index contributed by atoms with van der Waals surface area (Å²) in [5, 5.41) is 2.95. The fraction of sp³-hybridized carbons (Fsp3) is 0.875. The van der Waals surface area contributed by atoms with Gasteiger partial charge in [-0.15, -0.1) is 0 Å². The summed E-state index contributed by atoms with van der Waals surface area (Å²) in [4.78, 5) is 11.1. The topological polar surface area (TPSA) is 29.1 Å². The number of hydrogen-bond acceptors (Lipinski definition) is 1. The van der Waals surface area contributed by atoms with Crippen molar-refractivity contribution in [3.05, 3.63) is 0 Å². The predicted octanol–water partition coefficient (Wildman–Crippen LogP) is 1.31. The molecule has 0 bridgehead atoms. The molecule has 10 heavy (non-hydrogen) atoms. The van der Waals surface area contributed by atoms with Crippen molar-refractivity contribution in [3.8, 4) is 0 Å². The summed E-state index contributed by atoms with van der Waals surface area (Å²) in [6, 6.07) is 0.355. The van der Waals surface area contributed by atoms with Crippen LogP contribution >= 0.6 is 0 Å². The van der Waals surface area contributed by atoms with Gasteiger partial charge in [-0.05, 0) is 26.2 Å². The van der Waals surface area contributed by atoms with Gasteiger partial charge in [-0.3, -0.25) is 4.79 Å². The van der Waals surface area contributed by atoms with Crippen LogP contribution in [0.1, 0.15) is 33.1 Å². The number of rotatable bonds is 3. The summed E-state index contributed by atoms with van der Waals surface area (Å²) in [7, 11) is 0. The summed E-state index contributed by atoms with van der Waals surface area (Å²) < 4.78 is 0. The van der Waals surface area contributed by atoms with Gasteiger partial charge in [0.05, 0.1) is 0 Å². The molecule has 0 aromatic heterocycles. The van der Waals surface area contributed by atoms with Gasteiger partial charge in [-0.2, -0.15) is 0 Å². The number of carbonyl (C=O) groups is 1. The molecule has 2 nitrogen and oxygen atoms in total. The summed E-state index contributed by atoms with van der Waals surface area (Å²) in [6.45, 7) is 4.12. The van der Waals surface area contributed by atoms with Crippen molar-refractivity contribution in [3.63, 3.8) is 0 Å². The second kappa shape index (κ2) is 3.04. The molecule has 0 aromatic carbocycles. The Balaban J connectivity index is 2.16. The van der Waals surface area contributed by atoms with E-state index in [1.807, 2.05) is 6.92 Å². The highest BCUT2D eigenvalue weighted by atomic mass is 16.2. The molecule has 1 fully saturated rings. The van der Waals surface area contributed by atoms with Crippen molar-refractivity contribution in [2.45, 2.75) is 39.2 Å². The van der Waals surface area contributed by atoms with Crippen molar-refractivity contribution in [2.75, 3.05) is 0 Å². The first-order valence-corrected chi connectivity index (χ1v) is 4.04. The Bertz CT molecular complexity index is 129. The van der Waals surface area contributed by atoms with E-state index >= 15 is 0 Å². The van der Waals surface area contributed by atoms with Gasteiger partial charge in [0.2, 0.25) is 5.91 Å². The van der Waals surface area contributed by atoms with Crippen molar-refractivity contribution < 1.29 is 4.79 Å². The van der Waals surface area contributed by atoms with Gasteiger partial charge in [-0.1, -0.05) is 6.92 Å². The molecule has 2 heteroatoms. The molecule has 0 aliphatic heterocycles. The molecule has 0 unspecified atom stereocenters. The maximum absolute atomic E-state index is 11.1. The first-order valence-electron chi connectivity index (χ1n) is 4.04. The molecule has 1 amide bonds. The molecule has 0 spiro atoms. The average molecular weight is 141 g/mol. The number of amides is 1. The third kappa shape index (κ3) is 2.01. The van der Waals surface area contributed by atoms with Crippen LogP contribution in [0.25, 0.3) is 0 Å². The van der Waals surface area contributed by atoms with E-state index in [0.717, 1.165) is 19.3 Å². The van der Waals surface area contributed by atoms with Crippen LogP contribution in [0.15, 0.2) is 0 Å². The van der Waals surface area contributed by atoms with Gasteiger partial charge in [0.1, 0.15) is 0 Å². The lowest BCUT2D eigenvalue weighted by Crippen LogP contribution is -2.32. The van der Waals surface area contributed by atoms with Crippen molar-refractivity contribution in [1.82, 2.24) is 5.32 Å². The summed E-state index contributed by atoms with van der Waals surface area (Å²) in [5.41, 5.74) is 0. The van der Waals surface area contributed by atoms with E-state index in [1.165, 1.54) is 0 Å². The third-order valence-corrected chi connectivity index (χ3v) is 1.95. The van der Waals surface area contributed by atoms with Gasteiger partial charge in [0.25, 0.3) is 0 Å². The van der Waals surface area contributed by atoms with Crippen LogP contribution in [0.4, 0.5) is 0 Å². The van der Waals surface area contributed by atoms with Crippen molar-refractivity contribution >= 4 is 5.91 Å². The van der Waals surface area contributed by atoms with Crippen molar-refractivity contribution in [2.24, 2.45) is 5.92 Å². The molecular formula is C8H15NO. The molecule has 1 atom stereocenters. The first kappa shape index (κ1) is 7.58. The van der Waals surface area contributed by atoms with Crippen LogP contribution in [0.5, 0.6) is 0 Å². The molecule has 1 aliphatic carbocycles. The Kier molecular flexibility index (Phi) is 2.30. The maximum atomic E-state index is 11.1. The van der Waals surface area contributed by atoms with Gasteiger partial charge >= 0.3 is 0 Å². The first-order chi connectivity index (χ1) is 4.74. The summed E-state index contributed by atoms with van der Waals surface area (Å²) in [6.07, 6.45) is 3.23. The zero-order chi connectivity index (χ0) is 7.56. The normalized spacial score (nSPS) is 20.2. The highest BCUT2D eigenvalue weighted by Gasteiger charge is 2.29. The lowest BCUT2D eigenvalue weighted by molar-refractivity contribution is -0.122. The third-order valence-electron chi connectivity index (χ3n) is 1.95. The number of nitrogens with one attached hydrogen (secondary N) is 1. The van der Waals surface area contributed by atoms with Crippen LogP contribution in [0.3, 0.4) is 0 Å². The average Bonchev–Trinajstić information content (AvgIpc) is 2.68. The monoisotopic (exact) mass is 141 g/mol. The van der Waals surface area contributed by atoms with E-state index in [9.17, 15) is 4.79 Å². The van der Waals surface area contributed by atoms with Gasteiger partial charge in [-0.25, -0.2) is 0 Å². The fourth-order valence-electron chi connectivity index (χ4n) is 0.808. The van der Waals surface area contributed by atoms with Crippen LogP contribution in [0, 0.1) is 5.92 Å². The van der Waals surface area contributed by atoms with E-state index in [0.29, 0.717) is 12.0 Å². The minimum absolute atomic E-state index is 0.259. The molecule has 1 aliphatic rings. The Hall–Kier alpha value is -0.530. The molecule has 1 N–H and O–H groups in total. The van der Waals surface area contributed by atoms with Crippen LogP contribution in [0.2, 0.25) is 0 Å². The molecule has 0 saturated heterocycles. The largest absolute Gasteiger partial charge is 0.353 e. The van der Waals surface area contributed by atoms with Gasteiger partial charge in [0.15, 0.2) is 0 Å². The molecule has 0 aromatic rings. The Morgan fingerprint density at radius 3 is 2.70 bits per heavy atom. The lowest BCUT2D eigenvalue weighted by atomic mass is 10.2. The molecule has 1 saturated carbocycles. The molecule has 58 valence electrons. The van der Waals surface area contributed by atoms with Crippen LogP contribution < -0.4 is 5.32 Å². The number of hydrogen-bond donors (Lipinski definition) is 1. The minimum Gasteiger partial charge on any atom is -0.353 e. The molecule has 1 rings (SSSR count). The summed E-state index contributed by atoms with van der Waals surface area (Å²) in [5.74, 6) is 0.614. The van der Waals surface area contributed by atoms with E-state index in [1.54, 1.807) is 0 Å². The highest BCUT2D eigenvalue weighted by molar-refractivity contribution is 5.81. The summed E-state index contributed by atoms with van der Waals surface area (Å²) >= 11 is 0. The van der Waals surface area contributed by atoms with E-state index in [4.69, 9.17) is 0 Å². The van der Waals surface area contributed by atoms with Gasteiger partial charge in [0, 0.05) is 12.0 Å². The predicted molar refractivity (Wildman–Crippen MR) is 40.6 cm³/mol. The fourth-order valence-corrected chi connectivity index (χ4v) is 0.808. The smallest absolute Gasteiger partial charge is 0.223 e.